The van der Waals surface area contributed by atoms with E-state index in [4.69, 9.17) is 9.72 Å². The highest BCUT2D eigenvalue weighted by molar-refractivity contribution is 7.21. The fraction of sp³-hybridized carbons (Fsp3) is 0.286. The fourth-order valence-electron chi connectivity index (χ4n) is 3.25. The van der Waals surface area contributed by atoms with E-state index < -0.39 is 0 Å². The lowest BCUT2D eigenvalue weighted by Gasteiger charge is -2.19. The molecule has 5 heteroatoms. The molecule has 3 aromatic rings. The van der Waals surface area contributed by atoms with Crippen molar-refractivity contribution in [1.82, 2.24) is 9.88 Å². The molecule has 0 amide bonds. The van der Waals surface area contributed by atoms with E-state index in [0.29, 0.717) is 12.4 Å². The first-order chi connectivity index (χ1) is 12.6. The quantitative estimate of drug-likeness (QED) is 0.675. The summed E-state index contributed by atoms with van der Waals surface area (Å²) in [6.07, 6.45) is 2.14. The van der Waals surface area contributed by atoms with Gasteiger partial charge >= 0.3 is 0 Å². The van der Waals surface area contributed by atoms with Crippen LogP contribution in [0, 0.1) is 0 Å². The molecule has 0 bridgehead atoms. The van der Waals surface area contributed by atoms with Crippen LogP contribution >= 0.6 is 11.3 Å². The zero-order valence-electron chi connectivity index (χ0n) is 15.0. The van der Waals surface area contributed by atoms with E-state index in [1.165, 1.54) is 5.57 Å². The molecule has 1 aliphatic rings. The second-order valence-corrected chi connectivity index (χ2v) is 7.70. The molecule has 1 N–H and O–H groups in total. The van der Waals surface area contributed by atoms with Gasteiger partial charge in [0.1, 0.15) is 11.6 Å². The number of allylic oxidation sites excluding steroid dienone is 1. The van der Waals surface area contributed by atoms with Crippen LogP contribution in [0.5, 0.6) is 11.5 Å². The highest BCUT2D eigenvalue weighted by atomic mass is 32.1. The van der Waals surface area contributed by atoms with E-state index in [2.05, 4.69) is 37.0 Å². The van der Waals surface area contributed by atoms with Gasteiger partial charge in [-0.05, 0) is 38.1 Å². The maximum Gasteiger partial charge on any atom is 0.165 e. The highest BCUT2D eigenvalue weighted by Gasteiger charge is 2.20. The Balaban J connectivity index is 1.72. The van der Waals surface area contributed by atoms with Gasteiger partial charge in [-0.3, -0.25) is 4.90 Å². The summed E-state index contributed by atoms with van der Waals surface area (Å²) in [6, 6.07) is 12.0. The Morgan fingerprint density at radius 3 is 3.00 bits per heavy atom. The van der Waals surface area contributed by atoms with Gasteiger partial charge in [-0.2, -0.15) is 0 Å². The minimum absolute atomic E-state index is 0.196. The van der Waals surface area contributed by atoms with Gasteiger partial charge in [-0.25, -0.2) is 4.98 Å². The topological polar surface area (TPSA) is 45.6 Å². The Morgan fingerprint density at radius 2 is 2.19 bits per heavy atom. The number of thiazole rings is 1. The number of hydrogen-bond donors (Lipinski definition) is 1. The Labute approximate surface area is 157 Å². The van der Waals surface area contributed by atoms with Gasteiger partial charge in [-0.15, -0.1) is 11.3 Å². The average molecular weight is 366 g/mol. The minimum Gasteiger partial charge on any atom is -0.504 e. The van der Waals surface area contributed by atoms with Crippen molar-refractivity contribution in [2.45, 2.75) is 20.4 Å². The maximum atomic E-state index is 10.5. The summed E-state index contributed by atoms with van der Waals surface area (Å²) in [4.78, 5) is 7.07. The molecular weight excluding hydrogens is 344 g/mol. The van der Waals surface area contributed by atoms with E-state index in [0.717, 1.165) is 46.0 Å². The number of nitrogens with zero attached hydrogens (tertiary/aromatic N) is 2. The zero-order valence-corrected chi connectivity index (χ0v) is 15.8. The van der Waals surface area contributed by atoms with Crippen LogP contribution in [-0.2, 0) is 6.54 Å². The smallest absolute Gasteiger partial charge is 0.165 e. The summed E-state index contributed by atoms with van der Waals surface area (Å²) in [5, 5.41) is 11.5. The van der Waals surface area contributed by atoms with Crippen molar-refractivity contribution >= 4 is 21.6 Å². The first kappa shape index (κ1) is 17.1. The molecule has 0 atom stereocenters. The molecule has 0 fully saturated rings. The van der Waals surface area contributed by atoms with Crippen LogP contribution in [0.2, 0.25) is 0 Å². The van der Waals surface area contributed by atoms with Crippen LogP contribution in [0.25, 0.3) is 20.8 Å². The van der Waals surface area contributed by atoms with Crippen LogP contribution in [0.15, 0.2) is 48.0 Å². The van der Waals surface area contributed by atoms with Gasteiger partial charge in [-0.1, -0.05) is 23.8 Å². The van der Waals surface area contributed by atoms with Crippen LogP contribution in [0.3, 0.4) is 0 Å². The summed E-state index contributed by atoms with van der Waals surface area (Å²) >= 11 is 1.64. The van der Waals surface area contributed by atoms with Crippen LogP contribution < -0.4 is 4.74 Å². The molecule has 0 unspecified atom stereocenters. The molecule has 0 radical (unpaired) electrons. The molecular formula is C21H22N2O2S. The largest absolute Gasteiger partial charge is 0.504 e. The standard InChI is InChI=1S/C21H22N2O2S/c1-3-14(2)12-23-8-9-25-20-16(13-23)10-15(11-18(20)24)21-22-17-6-4-5-7-19(17)26-21/h3-7,10-11,24H,8-9,12-13H2,1-2H3/b14-3+. The van der Waals surface area contributed by atoms with E-state index in [1.54, 1.807) is 17.4 Å². The lowest BCUT2D eigenvalue weighted by Crippen LogP contribution is -2.27. The maximum absolute atomic E-state index is 10.5. The Morgan fingerprint density at radius 1 is 1.35 bits per heavy atom. The van der Waals surface area contributed by atoms with Crippen molar-refractivity contribution in [1.29, 1.82) is 0 Å². The van der Waals surface area contributed by atoms with Crippen molar-refractivity contribution in [3.05, 3.63) is 53.6 Å². The fourth-order valence-corrected chi connectivity index (χ4v) is 4.20. The van der Waals surface area contributed by atoms with Crippen molar-refractivity contribution in [3.63, 3.8) is 0 Å². The summed E-state index contributed by atoms with van der Waals surface area (Å²) < 4.78 is 7.00. The molecule has 0 saturated carbocycles. The second-order valence-electron chi connectivity index (χ2n) is 6.66. The summed E-state index contributed by atoms with van der Waals surface area (Å²) in [5.74, 6) is 0.803. The summed E-state index contributed by atoms with van der Waals surface area (Å²) in [7, 11) is 0. The van der Waals surface area contributed by atoms with E-state index in [9.17, 15) is 5.11 Å². The normalized spacial score (nSPS) is 15.5. The number of rotatable bonds is 3. The SMILES string of the molecule is C/C=C(\C)CN1CCOc2c(O)cc(-c3nc4ccccc4s3)cc2C1. The molecule has 2 aromatic carbocycles. The molecule has 2 heterocycles. The average Bonchev–Trinajstić information content (AvgIpc) is 2.97. The Hall–Kier alpha value is -2.37. The Kier molecular flexibility index (Phi) is 4.66. The molecule has 26 heavy (non-hydrogen) atoms. The first-order valence-corrected chi connectivity index (χ1v) is 9.64. The molecule has 0 aliphatic carbocycles. The molecule has 0 spiro atoms. The van der Waals surface area contributed by atoms with Gasteiger partial charge < -0.3 is 9.84 Å². The summed E-state index contributed by atoms with van der Waals surface area (Å²) in [5.41, 5.74) is 4.28. The van der Waals surface area contributed by atoms with Crippen molar-refractivity contribution in [2.75, 3.05) is 19.7 Å². The number of benzene rings is 2. The van der Waals surface area contributed by atoms with E-state index in [-0.39, 0.29) is 5.75 Å². The third-order valence-electron chi connectivity index (χ3n) is 4.70. The van der Waals surface area contributed by atoms with E-state index >= 15 is 0 Å². The van der Waals surface area contributed by atoms with Crippen LogP contribution in [0.1, 0.15) is 19.4 Å². The van der Waals surface area contributed by atoms with Crippen molar-refractivity contribution in [2.24, 2.45) is 0 Å². The number of fused-ring (bicyclic) bond motifs is 2. The molecule has 4 nitrogen and oxygen atoms in total. The zero-order chi connectivity index (χ0) is 18.1. The van der Waals surface area contributed by atoms with Gasteiger partial charge in [0.2, 0.25) is 0 Å². The van der Waals surface area contributed by atoms with Crippen molar-refractivity contribution in [3.8, 4) is 22.1 Å². The minimum atomic E-state index is 0.196. The Bertz CT molecular complexity index is 944. The highest BCUT2D eigenvalue weighted by Crippen LogP contribution is 2.39. The second kappa shape index (κ2) is 7.09. The predicted molar refractivity (Wildman–Crippen MR) is 107 cm³/mol. The lowest BCUT2D eigenvalue weighted by atomic mass is 10.1. The van der Waals surface area contributed by atoms with Gasteiger partial charge in [0.05, 0.1) is 10.2 Å². The summed E-state index contributed by atoms with van der Waals surface area (Å²) in [6.45, 7) is 7.29. The molecule has 1 aromatic heterocycles. The van der Waals surface area contributed by atoms with Gasteiger partial charge in [0.25, 0.3) is 0 Å². The lowest BCUT2D eigenvalue weighted by molar-refractivity contribution is 0.235. The predicted octanol–water partition coefficient (Wildman–Crippen LogP) is 4.83. The number of hydrogen-bond acceptors (Lipinski definition) is 5. The number of ether oxygens (including phenoxy) is 1. The van der Waals surface area contributed by atoms with Gasteiger partial charge in [0, 0.05) is 30.8 Å². The number of phenols is 1. The van der Waals surface area contributed by atoms with Crippen LogP contribution in [-0.4, -0.2) is 34.7 Å². The number of aromatic hydroxyl groups is 1. The van der Waals surface area contributed by atoms with Crippen molar-refractivity contribution < 1.29 is 9.84 Å². The van der Waals surface area contributed by atoms with Crippen LogP contribution in [0.4, 0.5) is 0 Å². The molecule has 4 rings (SSSR count). The number of para-hydroxylation sites is 1. The third-order valence-corrected chi connectivity index (χ3v) is 5.79. The monoisotopic (exact) mass is 366 g/mol. The number of phenolic OH excluding ortho intramolecular Hbond substituents is 1. The molecule has 134 valence electrons. The number of aromatic nitrogens is 1. The third kappa shape index (κ3) is 3.32. The molecule has 0 saturated heterocycles. The van der Waals surface area contributed by atoms with Gasteiger partial charge in [0.15, 0.2) is 11.5 Å². The van der Waals surface area contributed by atoms with E-state index in [1.807, 2.05) is 18.2 Å². The first-order valence-electron chi connectivity index (χ1n) is 8.83. The molecule has 1 aliphatic heterocycles.